The molecule has 3 N–H and O–H groups in total. The van der Waals surface area contributed by atoms with E-state index in [0.29, 0.717) is 0 Å². The van der Waals surface area contributed by atoms with Crippen molar-refractivity contribution in [2.45, 2.75) is 26.8 Å². The largest absolute Gasteiger partial charge is 0.465 e. The number of ether oxygens (including phenoxy) is 1. The molecule has 0 aliphatic rings. The fourth-order valence-electron chi connectivity index (χ4n) is 1.15. The van der Waals surface area contributed by atoms with Crippen molar-refractivity contribution in [3.05, 3.63) is 0 Å². The molecule has 0 aliphatic carbocycles. The SMILES string of the molecule is CCOC(=O)CN(CC(=O)NC(N)=O)C(C)C. The fraction of sp³-hybridized carbons (Fsp3) is 0.700. The molecule has 0 saturated heterocycles. The topological polar surface area (TPSA) is 102 Å². The van der Waals surface area contributed by atoms with Crippen molar-refractivity contribution in [1.82, 2.24) is 10.2 Å². The number of carbonyl (C=O) groups is 3. The molecule has 7 heteroatoms. The summed E-state index contributed by atoms with van der Waals surface area (Å²) in [6, 6.07) is -0.937. The average molecular weight is 245 g/mol. The van der Waals surface area contributed by atoms with Crippen molar-refractivity contribution in [2.75, 3.05) is 19.7 Å². The zero-order chi connectivity index (χ0) is 13.4. The molecule has 17 heavy (non-hydrogen) atoms. The Bertz CT molecular complexity index is 291. The Kier molecular flexibility index (Phi) is 6.88. The maximum atomic E-state index is 11.3. The third-order valence-corrected chi connectivity index (χ3v) is 1.98. The quantitative estimate of drug-likeness (QED) is 0.612. The minimum Gasteiger partial charge on any atom is -0.465 e. The summed E-state index contributed by atoms with van der Waals surface area (Å²) in [5, 5.41) is 1.94. The third kappa shape index (κ3) is 7.29. The Hall–Kier alpha value is -1.63. The minimum atomic E-state index is -0.908. The molecule has 0 heterocycles. The second kappa shape index (κ2) is 7.61. The third-order valence-electron chi connectivity index (χ3n) is 1.98. The van der Waals surface area contributed by atoms with E-state index in [-0.39, 0.29) is 25.7 Å². The van der Waals surface area contributed by atoms with Crippen molar-refractivity contribution >= 4 is 17.9 Å². The molecule has 3 amide bonds. The number of nitrogens with one attached hydrogen (secondary N) is 1. The van der Waals surface area contributed by atoms with Crippen molar-refractivity contribution in [2.24, 2.45) is 5.73 Å². The van der Waals surface area contributed by atoms with E-state index in [1.165, 1.54) is 0 Å². The first-order valence-corrected chi connectivity index (χ1v) is 5.35. The van der Waals surface area contributed by atoms with Crippen molar-refractivity contribution < 1.29 is 19.1 Å². The maximum Gasteiger partial charge on any atom is 0.320 e. The lowest BCUT2D eigenvalue weighted by molar-refractivity contribution is -0.145. The normalized spacial score (nSPS) is 10.4. The van der Waals surface area contributed by atoms with Crippen LogP contribution in [0, 0.1) is 0 Å². The number of nitrogens with zero attached hydrogens (tertiary/aromatic N) is 1. The highest BCUT2D eigenvalue weighted by molar-refractivity contribution is 5.94. The molecule has 0 bridgehead atoms. The summed E-state index contributed by atoms with van der Waals surface area (Å²) in [5.41, 5.74) is 4.81. The van der Waals surface area contributed by atoms with Crippen LogP contribution in [0.3, 0.4) is 0 Å². The number of rotatable bonds is 6. The summed E-state index contributed by atoms with van der Waals surface area (Å²) in [6.45, 7) is 5.57. The van der Waals surface area contributed by atoms with E-state index in [4.69, 9.17) is 10.5 Å². The molecule has 0 unspecified atom stereocenters. The van der Waals surface area contributed by atoms with E-state index in [0.717, 1.165) is 0 Å². The Balaban J connectivity index is 4.29. The molecule has 0 aromatic carbocycles. The number of carbonyl (C=O) groups excluding carboxylic acids is 3. The smallest absolute Gasteiger partial charge is 0.320 e. The van der Waals surface area contributed by atoms with Gasteiger partial charge in [-0.25, -0.2) is 4.79 Å². The predicted molar refractivity (Wildman–Crippen MR) is 61.1 cm³/mol. The monoisotopic (exact) mass is 245 g/mol. The van der Waals surface area contributed by atoms with Crippen LogP contribution >= 0.6 is 0 Å². The van der Waals surface area contributed by atoms with E-state index in [2.05, 4.69) is 0 Å². The zero-order valence-electron chi connectivity index (χ0n) is 10.4. The second-order valence-electron chi connectivity index (χ2n) is 3.72. The Morgan fingerprint density at radius 2 is 1.88 bits per heavy atom. The van der Waals surface area contributed by atoms with Gasteiger partial charge in [-0.15, -0.1) is 0 Å². The molecular formula is C10H19N3O4. The summed E-state index contributed by atoms with van der Waals surface area (Å²) < 4.78 is 4.78. The summed E-state index contributed by atoms with van der Waals surface area (Å²) in [6.07, 6.45) is 0. The van der Waals surface area contributed by atoms with Gasteiger partial charge in [0.25, 0.3) is 0 Å². The van der Waals surface area contributed by atoms with Crippen LogP contribution < -0.4 is 11.1 Å². The highest BCUT2D eigenvalue weighted by atomic mass is 16.5. The van der Waals surface area contributed by atoms with Crippen molar-refractivity contribution in [3.63, 3.8) is 0 Å². The number of hydrogen-bond acceptors (Lipinski definition) is 5. The zero-order valence-corrected chi connectivity index (χ0v) is 10.4. The summed E-state index contributed by atoms with van der Waals surface area (Å²) >= 11 is 0. The van der Waals surface area contributed by atoms with Crippen LogP contribution in [0.2, 0.25) is 0 Å². The van der Waals surface area contributed by atoms with Gasteiger partial charge >= 0.3 is 12.0 Å². The van der Waals surface area contributed by atoms with Crippen LogP contribution in [0.25, 0.3) is 0 Å². The van der Waals surface area contributed by atoms with Gasteiger partial charge in [-0.3, -0.25) is 19.8 Å². The van der Waals surface area contributed by atoms with Crippen LogP contribution in [0.4, 0.5) is 4.79 Å². The number of imide groups is 1. The summed E-state index contributed by atoms with van der Waals surface area (Å²) in [7, 11) is 0. The van der Waals surface area contributed by atoms with Crippen LogP contribution in [-0.2, 0) is 14.3 Å². The molecule has 0 aliphatic heterocycles. The van der Waals surface area contributed by atoms with E-state index in [1.54, 1.807) is 11.8 Å². The molecule has 0 saturated carbocycles. The van der Waals surface area contributed by atoms with Crippen molar-refractivity contribution in [1.29, 1.82) is 0 Å². The van der Waals surface area contributed by atoms with Gasteiger partial charge in [0.05, 0.1) is 19.7 Å². The second-order valence-corrected chi connectivity index (χ2v) is 3.72. The van der Waals surface area contributed by atoms with Crippen LogP contribution in [0.15, 0.2) is 0 Å². The molecule has 0 fully saturated rings. The van der Waals surface area contributed by atoms with E-state index in [9.17, 15) is 14.4 Å². The highest BCUT2D eigenvalue weighted by Gasteiger charge is 2.18. The fourth-order valence-corrected chi connectivity index (χ4v) is 1.15. The molecule has 0 rings (SSSR count). The van der Waals surface area contributed by atoms with Gasteiger partial charge in [0.2, 0.25) is 5.91 Å². The number of hydrogen-bond donors (Lipinski definition) is 2. The molecule has 7 nitrogen and oxygen atoms in total. The lowest BCUT2D eigenvalue weighted by atomic mass is 10.3. The molecule has 0 atom stereocenters. The van der Waals surface area contributed by atoms with Crippen LogP contribution in [0.1, 0.15) is 20.8 Å². The minimum absolute atomic E-state index is 0.00229. The first-order valence-electron chi connectivity index (χ1n) is 5.35. The molecular weight excluding hydrogens is 226 g/mol. The lowest BCUT2D eigenvalue weighted by Crippen LogP contribution is -2.46. The number of amides is 3. The predicted octanol–water partition coefficient (Wildman–Crippen LogP) is -0.545. The summed E-state index contributed by atoms with van der Waals surface area (Å²) in [5.74, 6) is -0.955. The van der Waals surface area contributed by atoms with Gasteiger partial charge in [0, 0.05) is 6.04 Å². The first kappa shape index (κ1) is 15.4. The maximum absolute atomic E-state index is 11.3. The van der Waals surface area contributed by atoms with E-state index < -0.39 is 17.9 Å². The van der Waals surface area contributed by atoms with Gasteiger partial charge in [-0.1, -0.05) is 0 Å². The summed E-state index contributed by atoms with van der Waals surface area (Å²) in [4.78, 5) is 34.6. The molecule has 0 aromatic heterocycles. The van der Waals surface area contributed by atoms with Gasteiger partial charge in [0.15, 0.2) is 0 Å². The van der Waals surface area contributed by atoms with Gasteiger partial charge < -0.3 is 10.5 Å². The number of esters is 1. The Morgan fingerprint density at radius 1 is 1.29 bits per heavy atom. The number of nitrogens with two attached hydrogens (primary N) is 1. The van der Waals surface area contributed by atoms with Crippen LogP contribution in [-0.4, -0.2) is 48.5 Å². The highest BCUT2D eigenvalue weighted by Crippen LogP contribution is 1.98. The van der Waals surface area contributed by atoms with Crippen molar-refractivity contribution in [3.8, 4) is 0 Å². The lowest BCUT2D eigenvalue weighted by Gasteiger charge is -2.24. The standard InChI is InChI=1S/C10H19N3O4/c1-4-17-9(15)6-13(7(2)3)5-8(14)12-10(11)16/h7H,4-6H2,1-3H3,(H3,11,12,14,16). The molecule has 98 valence electrons. The van der Waals surface area contributed by atoms with E-state index >= 15 is 0 Å². The molecule has 0 radical (unpaired) electrons. The average Bonchev–Trinajstić information content (AvgIpc) is 2.15. The first-order chi connectivity index (χ1) is 7.86. The Morgan fingerprint density at radius 3 is 2.29 bits per heavy atom. The van der Waals surface area contributed by atoms with E-state index in [1.807, 2.05) is 19.2 Å². The van der Waals surface area contributed by atoms with Gasteiger partial charge in [-0.2, -0.15) is 0 Å². The number of primary amides is 1. The molecule has 0 aromatic rings. The number of urea groups is 1. The van der Waals surface area contributed by atoms with Crippen LogP contribution in [0.5, 0.6) is 0 Å². The van der Waals surface area contributed by atoms with Gasteiger partial charge in [0.1, 0.15) is 0 Å². The Labute approximate surface area is 100 Å². The molecule has 0 spiro atoms. The van der Waals surface area contributed by atoms with Gasteiger partial charge in [-0.05, 0) is 20.8 Å².